The van der Waals surface area contributed by atoms with Crippen LogP contribution in [-0.4, -0.2) is 53.1 Å². The van der Waals surface area contributed by atoms with Crippen LogP contribution in [0.2, 0.25) is 0 Å². The third-order valence-corrected chi connectivity index (χ3v) is 7.59. The summed E-state index contributed by atoms with van der Waals surface area (Å²) in [5.41, 5.74) is -0.825. The van der Waals surface area contributed by atoms with Crippen molar-refractivity contribution in [3.63, 3.8) is 0 Å². The number of hydrogen-bond donors (Lipinski definition) is 0. The monoisotopic (exact) mass is 464 g/mol. The molecule has 0 saturated carbocycles. The number of carbonyl (C=O) groups is 2. The van der Waals surface area contributed by atoms with Crippen LogP contribution >= 0.6 is 0 Å². The molecule has 182 valence electrons. The minimum Gasteiger partial charge on any atom is -0.469 e. The van der Waals surface area contributed by atoms with Crippen molar-refractivity contribution in [1.82, 2.24) is 9.80 Å². The van der Waals surface area contributed by atoms with E-state index >= 15 is 0 Å². The van der Waals surface area contributed by atoms with Crippen LogP contribution in [0.15, 0.2) is 16.7 Å². The van der Waals surface area contributed by atoms with Crippen LogP contribution in [0.5, 0.6) is 0 Å². The average Bonchev–Trinajstić information content (AvgIpc) is 3.47. The summed E-state index contributed by atoms with van der Waals surface area (Å²) in [4.78, 5) is 31.9. The zero-order valence-electron chi connectivity index (χ0n) is 20.9. The predicted molar refractivity (Wildman–Crippen MR) is 129 cm³/mol. The largest absolute Gasteiger partial charge is 0.469 e. The number of amides is 2. The maximum Gasteiger partial charge on any atom is 0.241 e. The lowest BCUT2D eigenvalue weighted by molar-refractivity contribution is -0.164. The minimum atomic E-state index is -1.09. The van der Waals surface area contributed by atoms with Crippen LogP contribution in [0.3, 0.4) is 0 Å². The number of likely N-dealkylation sites (tertiary alicyclic amines) is 1. The van der Waals surface area contributed by atoms with Crippen LogP contribution in [0.1, 0.15) is 83.5 Å². The molecular formula is C28H36N2O4. The van der Waals surface area contributed by atoms with Crippen molar-refractivity contribution < 1.29 is 18.7 Å². The van der Waals surface area contributed by atoms with Gasteiger partial charge in [0.25, 0.3) is 0 Å². The summed E-state index contributed by atoms with van der Waals surface area (Å²) in [7, 11) is 0. The maximum atomic E-state index is 14.1. The van der Waals surface area contributed by atoms with E-state index in [9.17, 15) is 9.59 Å². The molecule has 0 radical (unpaired) electrons. The molecule has 0 bridgehead atoms. The summed E-state index contributed by atoms with van der Waals surface area (Å²) < 4.78 is 11.8. The van der Waals surface area contributed by atoms with Crippen LogP contribution in [0, 0.1) is 29.1 Å². The van der Waals surface area contributed by atoms with Gasteiger partial charge >= 0.3 is 0 Å². The average molecular weight is 465 g/mol. The Balaban J connectivity index is 1.61. The summed E-state index contributed by atoms with van der Waals surface area (Å²) in [6.07, 6.45) is 7.15. The molecule has 3 aliphatic rings. The molecule has 0 aliphatic carbocycles. The molecule has 6 nitrogen and oxygen atoms in total. The lowest BCUT2D eigenvalue weighted by Gasteiger charge is -2.44. The normalized spacial score (nSPS) is 27.4. The van der Waals surface area contributed by atoms with Gasteiger partial charge in [0.2, 0.25) is 11.8 Å². The summed E-state index contributed by atoms with van der Waals surface area (Å²) in [6.45, 7) is 9.32. The Hall–Kier alpha value is -2.70. The Kier molecular flexibility index (Phi) is 7.10. The fourth-order valence-corrected chi connectivity index (χ4v) is 5.98. The van der Waals surface area contributed by atoms with Gasteiger partial charge in [-0.25, -0.2) is 0 Å². The number of piperidine rings is 1. The number of aryl methyl sites for hydroxylation is 1. The summed E-state index contributed by atoms with van der Waals surface area (Å²) >= 11 is 0. The number of ether oxygens (including phenoxy) is 1. The molecule has 2 amide bonds. The van der Waals surface area contributed by atoms with Crippen LogP contribution in [0.25, 0.3) is 0 Å². The van der Waals surface area contributed by atoms with Gasteiger partial charge < -0.3 is 19.0 Å². The number of nitrogens with zero attached hydrogens (tertiary/aromatic N) is 2. The molecule has 1 aromatic rings. The molecule has 0 N–H and O–H groups in total. The number of unbranched alkanes of at least 4 members (excludes halogenated alkanes) is 2. The molecule has 4 heterocycles. The lowest BCUT2D eigenvalue weighted by atomic mass is 9.65. The third-order valence-electron chi connectivity index (χ3n) is 7.59. The van der Waals surface area contributed by atoms with Gasteiger partial charge in [-0.2, -0.15) is 0 Å². The molecule has 6 heteroatoms. The first-order chi connectivity index (χ1) is 16.3. The van der Waals surface area contributed by atoms with Crippen molar-refractivity contribution >= 4 is 11.8 Å². The summed E-state index contributed by atoms with van der Waals surface area (Å²) in [5.74, 6) is 12.5. The fourth-order valence-electron chi connectivity index (χ4n) is 5.98. The Bertz CT molecular complexity index is 1050. The van der Waals surface area contributed by atoms with E-state index in [2.05, 4.69) is 23.7 Å². The van der Waals surface area contributed by atoms with Crippen molar-refractivity contribution in [3.05, 3.63) is 23.7 Å². The third kappa shape index (κ3) is 4.25. The number of fused-ring (bicyclic) bond motifs is 1. The SMILES string of the molecule is CC#CCCCCN1CC[C@@H](c2coc(CCC#CC)c2)[C@]2(C[C@@H]3COC(C)(C)N3C2=O)C1=O. The van der Waals surface area contributed by atoms with Crippen molar-refractivity contribution in [1.29, 1.82) is 0 Å². The molecule has 1 aromatic heterocycles. The Labute approximate surface area is 203 Å². The van der Waals surface area contributed by atoms with Gasteiger partial charge in [-0.3, -0.25) is 9.59 Å². The maximum absolute atomic E-state index is 14.1. The van der Waals surface area contributed by atoms with E-state index in [1.54, 1.807) is 6.26 Å². The van der Waals surface area contributed by atoms with Crippen LogP contribution in [0.4, 0.5) is 0 Å². The van der Waals surface area contributed by atoms with E-state index in [1.165, 1.54) is 0 Å². The summed E-state index contributed by atoms with van der Waals surface area (Å²) in [5, 5.41) is 0. The van der Waals surface area contributed by atoms with Gasteiger partial charge in [0.1, 0.15) is 16.9 Å². The van der Waals surface area contributed by atoms with Crippen molar-refractivity contribution in [3.8, 4) is 23.7 Å². The van der Waals surface area contributed by atoms with E-state index in [4.69, 9.17) is 9.15 Å². The van der Waals surface area contributed by atoms with Gasteiger partial charge in [0.05, 0.1) is 18.9 Å². The first kappa shape index (κ1) is 24.4. The predicted octanol–water partition coefficient (Wildman–Crippen LogP) is 4.10. The highest BCUT2D eigenvalue weighted by Crippen LogP contribution is 2.55. The number of hydrogen-bond acceptors (Lipinski definition) is 4. The molecule has 34 heavy (non-hydrogen) atoms. The zero-order valence-corrected chi connectivity index (χ0v) is 20.9. The lowest BCUT2D eigenvalue weighted by Crippen LogP contribution is -2.58. The molecule has 0 unspecified atom stereocenters. The minimum absolute atomic E-state index is 0.0277. The highest BCUT2D eigenvalue weighted by Gasteiger charge is 2.67. The van der Waals surface area contributed by atoms with Gasteiger partial charge in [-0.05, 0) is 65.0 Å². The summed E-state index contributed by atoms with van der Waals surface area (Å²) in [6, 6.07) is 1.97. The zero-order chi connectivity index (χ0) is 24.3. The number of furan rings is 1. The second-order valence-corrected chi connectivity index (χ2v) is 10.1. The molecule has 3 aliphatic heterocycles. The number of carbonyl (C=O) groups excluding carboxylic acids is 2. The number of rotatable bonds is 7. The Morgan fingerprint density at radius 2 is 1.85 bits per heavy atom. The second kappa shape index (κ2) is 9.88. The van der Waals surface area contributed by atoms with Gasteiger partial charge in [0, 0.05) is 38.3 Å². The fraction of sp³-hybridized carbons (Fsp3) is 0.643. The highest BCUT2D eigenvalue weighted by molar-refractivity contribution is 6.08. The highest BCUT2D eigenvalue weighted by atomic mass is 16.5. The van der Waals surface area contributed by atoms with Gasteiger partial charge in [0.15, 0.2) is 0 Å². The van der Waals surface area contributed by atoms with E-state index in [0.29, 0.717) is 26.1 Å². The van der Waals surface area contributed by atoms with Crippen LogP contribution < -0.4 is 0 Å². The van der Waals surface area contributed by atoms with E-state index < -0.39 is 11.1 Å². The van der Waals surface area contributed by atoms with Crippen molar-refractivity contribution in [2.45, 2.75) is 90.3 Å². The van der Waals surface area contributed by atoms with Crippen molar-refractivity contribution in [2.75, 3.05) is 19.7 Å². The molecule has 1 spiro atoms. The molecule has 0 aromatic carbocycles. The first-order valence-corrected chi connectivity index (χ1v) is 12.5. The smallest absolute Gasteiger partial charge is 0.241 e. The van der Waals surface area contributed by atoms with Gasteiger partial charge in [-0.1, -0.05) is 0 Å². The van der Waals surface area contributed by atoms with Crippen LogP contribution in [-0.2, 0) is 20.7 Å². The quantitative estimate of drug-likeness (QED) is 0.346. The standard InChI is InChI=1S/C28H36N2O4/c1-5-7-9-10-12-15-29-16-14-24(21-17-23(33-19-21)13-11-8-6-2)28(25(29)31)18-22-20-34-27(3,4)30(22)26(28)32/h17,19,22,24H,9-16,18,20H2,1-4H3/t22-,24+,28-/m1/s1. The molecule has 3 fully saturated rings. The Morgan fingerprint density at radius 1 is 1.09 bits per heavy atom. The van der Waals surface area contributed by atoms with E-state index in [1.807, 2.05) is 43.6 Å². The molecule has 4 rings (SSSR count). The van der Waals surface area contributed by atoms with E-state index in [-0.39, 0.29) is 23.8 Å². The molecule has 3 saturated heterocycles. The molecular weight excluding hydrogens is 428 g/mol. The first-order valence-electron chi connectivity index (χ1n) is 12.5. The van der Waals surface area contributed by atoms with Gasteiger partial charge in [-0.15, -0.1) is 23.7 Å². The van der Waals surface area contributed by atoms with Crippen molar-refractivity contribution in [2.24, 2.45) is 5.41 Å². The van der Waals surface area contributed by atoms with E-state index in [0.717, 1.165) is 49.8 Å². The topological polar surface area (TPSA) is 63.0 Å². The molecule has 3 atom stereocenters. The Morgan fingerprint density at radius 3 is 2.59 bits per heavy atom. The second-order valence-electron chi connectivity index (χ2n) is 10.1.